The van der Waals surface area contributed by atoms with Crippen LogP contribution in [0.25, 0.3) is 0 Å². The van der Waals surface area contributed by atoms with Crippen LogP contribution in [0.3, 0.4) is 0 Å². The van der Waals surface area contributed by atoms with Crippen molar-refractivity contribution in [2.45, 2.75) is 32.2 Å². The van der Waals surface area contributed by atoms with E-state index in [0.29, 0.717) is 12.0 Å². The van der Waals surface area contributed by atoms with Crippen LogP contribution in [-0.2, 0) is 16.0 Å². The molecule has 1 atom stereocenters. The molecule has 0 saturated carbocycles. The predicted molar refractivity (Wildman–Crippen MR) is 70.6 cm³/mol. The Morgan fingerprint density at radius 1 is 1.42 bits per heavy atom. The first-order valence-electron chi connectivity index (χ1n) is 6.18. The monoisotopic (exact) mass is 263 g/mol. The van der Waals surface area contributed by atoms with E-state index in [1.807, 2.05) is 19.9 Å². The number of benzene rings is 1. The van der Waals surface area contributed by atoms with Crippen molar-refractivity contribution in [3.63, 3.8) is 0 Å². The minimum absolute atomic E-state index is 0.157. The summed E-state index contributed by atoms with van der Waals surface area (Å²) in [5.41, 5.74) is 3.02. The van der Waals surface area contributed by atoms with Crippen molar-refractivity contribution in [1.29, 1.82) is 0 Å². The second kappa shape index (κ2) is 4.91. The zero-order valence-corrected chi connectivity index (χ0v) is 11.2. The molecular formula is C14H17NO4. The van der Waals surface area contributed by atoms with Gasteiger partial charge in [0.2, 0.25) is 0 Å². The number of carbonyl (C=O) groups is 2. The minimum atomic E-state index is -0.887. The highest BCUT2D eigenvalue weighted by molar-refractivity contribution is 5.93. The Bertz CT molecular complexity index is 536. The molecule has 0 aliphatic carbocycles. The molecule has 102 valence electrons. The summed E-state index contributed by atoms with van der Waals surface area (Å²) in [6, 6.07) is 2.98. The van der Waals surface area contributed by atoms with Gasteiger partial charge in [-0.15, -0.1) is 0 Å². The second-order valence-electron chi connectivity index (χ2n) is 4.98. The van der Waals surface area contributed by atoms with Crippen LogP contribution in [0.5, 0.6) is 0 Å². The predicted octanol–water partition coefficient (Wildman–Crippen LogP) is 2.02. The van der Waals surface area contributed by atoms with E-state index in [1.54, 1.807) is 6.07 Å². The maximum atomic E-state index is 11.8. The van der Waals surface area contributed by atoms with E-state index in [1.165, 1.54) is 7.11 Å². The van der Waals surface area contributed by atoms with E-state index in [2.05, 4.69) is 5.32 Å². The summed E-state index contributed by atoms with van der Waals surface area (Å²) in [5.74, 6) is -1.11. The van der Waals surface area contributed by atoms with Gasteiger partial charge in [-0.3, -0.25) is 0 Å². The summed E-state index contributed by atoms with van der Waals surface area (Å²) in [7, 11) is 1.35. The molecule has 0 saturated heterocycles. The van der Waals surface area contributed by atoms with Gasteiger partial charge in [0.25, 0.3) is 0 Å². The van der Waals surface area contributed by atoms with Gasteiger partial charge in [-0.1, -0.05) is 13.8 Å². The summed E-state index contributed by atoms with van der Waals surface area (Å²) >= 11 is 0. The van der Waals surface area contributed by atoms with Gasteiger partial charge >= 0.3 is 11.9 Å². The third-order valence-corrected chi connectivity index (χ3v) is 3.35. The van der Waals surface area contributed by atoms with Crippen LogP contribution in [0.2, 0.25) is 0 Å². The molecule has 0 fully saturated rings. The van der Waals surface area contributed by atoms with Crippen LogP contribution in [0.4, 0.5) is 5.69 Å². The van der Waals surface area contributed by atoms with Gasteiger partial charge in [0.05, 0.1) is 12.7 Å². The van der Waals surface area contributed by atoms with Gasteiger partial charge in [0.1, 0.15) is 6.04 Å². The van der Waals surface area contributed by atoms with Gasteiger partial charge in [0.15, 0.2) is 0 Å². The lowest BCUT2D eigenvalue weighted by atomic mass is 9.94. The molecule has 1 aromatic carbocycles. The van der Waals surface area contributed by atoms with Gasteiger partial charge in [-0.2, -0.15) is 0 Å². The molecule has 1 heterocycles. The number of anilines is 1. The van der Waals surface area contributed by atoms with Crippen molar-refractivity contribution in [3.05, 3.63) is 28.8 Å². The first-order valence-corrected chi connectivity index (χ1v) is 6.18. The number of carboxylic acids is 1. The fourth-order valence-electron chi connectivity index (χ4n) is 2.34. The molecule has 0 amide bonds. The Hall–Kier alpha value is -2.04. The van der Waals surface area contributed by atoms with Crippen molar-refractivity contribution in [1.82, 2.24) is 0 Å². The molecule has 0 aromatic heterocycles. The summed E-state index contributed by atoms with van der Waals surface area (Å²) in [6.45, 7) is 3.97. The van der Waals surface area contributed by atoms with Gasteiger partial charge < -0.3 is 15.2 Å². The van der Waals surface area contributed by atoms with E-state index < -0.39 is 12.0 Å². The van der Waals surface area contributed by atoms with E-state index in [9.17, 15) is 9.59 Å². The molecule has 0 spiro atoms. The lowest BCUT2D eigenvalue weighted by molar-refractivity contribution is -0.137. The smallest absolute Gasteiger partial charge is 0.338 e. The number of methoxy groups -OCH3 is 1. The Kier molecular flexibility index (Phi) is 3.46. The van der Waals surface area contributed by atoms with E-state index in [0.717, 1.165) is 16.8 Å². The molecule has 0 radical (unpaired) electrons. The number of aliphatic carboxylic acids is 1. The van der Waals surface area contributed by atoms with Crippen molar-refractivity contribution in [3.8, 4) is 0 Å². The highest BCUT2D eigenvalue weighted by Gasteiger charge is 2.29. The van der Waals surface area contributed by atoms with E-state index >= 15 is 0 Å². The lowest BCUT2D eigenvalue weighted by Crippen LogP contribution is -2.26. The Labute approximate surface area is 111 Å². The topological polar surface area (TPSA) is 75.6 Å². The standard InChI is InChI=1S/C14H17NO4/c1-7(2)9-6-11-8(4-10(9)14(18)19-3)5-12(15-11)13(16)17/h4,6-7,12,15H,5H2,1-3H3,(H,16,17). The molecule has 5 nitrogen and oxygen atoms in total. The number of carboxylic acid groups (broad SMARTS) is 1. The van der Waals surface area contributed by atoms with E-state index in [-0.39, 0.29) is 11.9 Å². The first-order chi connectivity index (χ1) is 8.93. The fraction of sp³-hybridized carbons (Fsp3) is 0.429. The molecule has 2 N–H and O–H groups in total. The lowest BCUT2D eigenvalue weighted by Gasteiger charge is -2.13. The van der Waals surface area contributed by atoms with Crippen LogP contribution in [0.15, 0.2) is 12.1 Å². The van der Waals surface area contributed by atoms with Crippen molar-refractivity contribution < 1.29 is 19.4 Å². The van der Waals surface area contributed by atoms with Crippen molar-refractivity contribution >= 4 is 17.6 Å². The summed E-state index contributed by atoms with van der Waals surface area (Å²) in [6.07, 6.45) is 0.382. The van der Waals surface area contributed by atoms with Crippen molar-refractivity contribution in [2.75, 3.05) is 12.4 Å². The van der Waals surface area contributed by atoms with Crippen LogP contribution in [-0.4, -0.2) is 30.2 Å². The molecule has 1 unspecified atom stereocenters. The van der Waals surface area contributed by atoms with Crippen LogP contribution in [0.1, 0.15) is 41.3 Å². The zero-order valence-electron chi connectivity index (χ0n) is 11.2. The highest BCUT2D eigenvalue weighted by Crippen LogP contribution is 2.32. The molecule has 1 aliphatic heterocycles. The van der Waals surface area contributed by atoms with Crippen LogP contribution >= 0.6 is 0 Å². The zero-order chi connectivity index (χ0) is 14.2. The summed E-state index contributed by atoms with van der Waals surface area (Å²) in [5, 5.41) is 12.0. The largest absolute Gasteiger partial charge is 0.480 e. The molecule has 0 bridgehead atoms. The molecule has 1 aromatic rings. The maximum Gasteiger partial charge on any atom is 0.338 e. The Balaban J connectivity index is 2.46. The average Bonchev–Trinajstić information content (AvgIpc) is 2.79. The number of hydrogen-bond acceptors (Lipinski definition) is 4. The second-order valence-corrected chi connectivity index (χ2v) is 4.98. The quantitative estimate of drug-likeness (QED) is 0.816. The third kappa shape index (κ3) is 2.41. The fourth-order valence-corrected chi connectivity index (χ4v) is 2.34. The number of ether oxygens (including phenoxy) is 1. The Morgan fingerprint density at radius 3 is 2.63 bits per heavy atom. The Morgan fingerprint density at radius 2 is 2.11 bits per heavy atom. The van der Waals surface area contributed by atoms with E-state index in [4.69, 9.17) is 9.84 Å². The molecule has 5 heteroatoms. The normalized spacial score (nSPS) is 16.9. The van der Waals surface area contributed by atoms with Crippen LogP contribution < -0.4 is 5.32 Å². The average molecular weight is 263 g/mol. The molecule has 19 heavy (non-hydrogen) atoms. The maximum absolute atomic E-state index is 11.8. The minimum Gasteiger partial charge on any atom is -0.480 e. The van der Waals surface area contributed by atoms with Gasteiger partial charge in [0, 0.05) is 12.1 Å². The summed E-state index contributed by atoms with van der Waals surface area (Å²) < 4.78 is 4.79. The molecular weight excluding hydrogens is 246 g/mol. The van der Waals surface area contributed by atoms with Crippen LogP contribution in [0, 0.1) is 0 Å². The molecule has 2 rings (SSSR count). The number of rotatable bonds is 3. The SMILES string of the molecule is COC(=O)c1cc2c(cc1C(C)C)NC(C(=O)O)C2. The van der Waals surface area contributed by atoms with Gasteiger partial charge in [-0.05, 0) is 29.2 Å². The molecule has 1 aliphatic rings. The van der Waals surface area contributed by atoms with Gasteiger partial charge in [-0.25, -0.2) is 9.59 Å². The first kappa shape index (κ1) is 13.4. The number of esters is 1. The third-order valence-electron chi connectivity index (χ3n) is 3.35. The number of hydrogen-bond donors (Lipinski definition) is 2. The van der Waals surface area contributed by atoms with Crippen molar-refractivity contribution in [2.24, 2.45) is 0 Å². The summed E-state index contributed by atoms with van der Waals surface area (Å²) in [4.78, 5) is 22.8. The number of carbonyl (C=O) groups excluding carboxylic acids is 1. The number of fused-ring (bicyclic) bond motifs is 1. The number of nitrogens with one attached hydrogen (secondary N) is 1. The highest BCUT2D eigenvalue weighted by atomic mass is 16.5.